The quantitative estimate of drug-likeness (QED) is 0.590. The van der Waals surface area contributed by atoms with Crippen molar-refractivity contribution in [2.45, 2.75) is 70.7 Å². The van der Waals surface area contributed by atoms with Crippen LogP contribution < -0.4 is 0 Å². The maximum atomic E-state index is 8.85. The van der Waals surface area contributed by atoms with Gasteiger partial charge in [0.15, 0.2) is 14.6 Å². The Kier molecular flexibility index (Phi) is 5.56. The molecular formula is C15H27NO3Si. The van der Waals surface area contributed by atoms with Crippen LogP contribution in [0.25, 0.3) is 0 Å². The van der Waals surface area contributed by atoms with Gasteiger partial charge in [-0.1, -0.05) is 20.8 Å². The first-order valence-corrected chi connectivity index (χ1v) is 9.99. The summed E-state index contributed by atoms with van der Waals surface area (Å²) in [5.41, 5.74) is 0.894. The van der Waals surface area contributed by atoms with Crippen molar-refractivity contribution in [3.8, 4) is 6.07 Å². The van der Waals surface area contributed by atoms with Crippen LogP contribution in [-0.2, 0) is 13.9 Å². The fourth-order valence-corrected chi connectivity index (χ4v) is 3.20. The largest absolute Gasteiger partial charge is 0.392 e. The number of nitrogens with zero attached hydrogens (tertiary/aromatic N) is 1. The molecule has 4 nitrogen and oxygen atoms in total. The second-order valence-corrected chi connectivity index (χ2v) is 11.6. The zero-order valence-corrected chi connectivity index (χ0v) is 14.7. The van der Waals surface area contributed by atoms with Crippen molar-refractivity contribution in [3.05, 3.63) is 11.6 Å². The Morgan fingerprint density at radius 2 is 2.00 bits per heavy atom. The number of allylic oxidation sites excluding steroid dienone is 1. The van der Waals surface area contributed by atoms with E-state index in [4.69, 9.17) is 19.2 Å². The average molecular weight is 297 g/mol. The van der Waals surface area contributed by atoms with E-state index in [0.717, 1.165) is 5.57 Å². The molecule has 20 heavy (non-hydrogen) atoms. The van der Waals surface area contributed by atoms with Crippen molar-refractivity contribution in [1.82, 2.24) is 0 Å². The van der Waals surface area contributed by atoms with Gasteiger partial charge in [0.05, 0.1) is 18.3 Å². The lowest BCUT2D eigenvalue weighted by atomic mass is 9.98. The van der Waals surface area contributed by atoms with Crippen LogP contribution >= 0.6 is 0 Å². The molecule has 0 aromatic heterocycles. The summed E-state index contributed by atoms with van der Waals surface area (Å²) in [6.07, 6.45) is 1.66. The van der Waals surface area contributed by atoms with E-state index in [2.05, 4.69) is 39.9 Å². The highest BCUT2D eigenvalue weighted by molar-refractivity contribution is 6.74. The fourth-order valence-electron chi connectivity index (χ4n) is 2.03. The first-order chi connectivity index (χ1) is 9.12. The van der Waals surface area contributed by atoms with E-state index in [1.54, 1.807) is 7.11 Å². The normalized spacial score (nSPS) is 30.3. The smallest absolute Gasteiger partial charge is 0.195 e. The minimum absolute atomic E-state index is 0.104. The van der Waals surface area contributed by atoms with E-state index < -0.39 is 8.32 Å². The van der Waals surface area contributed by atoms with Crippen LogP contribution in [0, 0.1) is 11.3 Å². The van der Waals surface area contributed by atoms with Crippen molar-refractivity contribution in [3.63, 3.8) is 0 Å². The predicted molar refractivity (Wildman–Crippen MR) is 81.7 cm³/mol. The molecule has 1 heterocycles. The highest BCUT2D eigenvalue weighted by Gasteiger charge is 2.42. The molecule has 0 saturated carbocycles. The number of methoxy groups -OCH3 is 1. The Morgan fingerprint density at radius 3 is 2.45 bits per heavy atom. The predicted octanol–water partition coefficient (Wildman–Crippen LogP) is 3.61. The van der Waals surface area contributed by atoms with Gasteiger partial charge >= 0.3 is 0 Å². The van der Waals surface area contributed by atoms with Crippen LogP contribution in [0.4, 0.5) is 0 Å². The molecule has 0 spiro atoms. The highest BCUT2D eigenvalue weighted by Crippen LogP contribution is 2.39. The molecule has 1 fully saturated rings. The van der Waals surface area contributed by atoms with Gasteiger partial charge in [0, 0.05) is 19.6 Å². The summed E-state index contributed by atoms with van der Waals surface area (Å²) >= 11 is 0. The molecular weight excluding hydrogens is 270 g/mol. The SMILES string of the molecule is CO[C@H]1C[C@H](O[Si](C)(C)C(C)(C)C)O[C@@H](C)/C1=C/C#N. The van der Waals surface area contributed by atoms with Gasteiger partial charge in [-0.15, -0.1) is 0 Å². The van der Waals surface area contributed by atoms with Crippen molar-refractivity contribution in [1.29, 1.82) is 5.26 Å². The summed E-state index contributed by atoms with van der Waals surface area (Å²) < 4.78 is 17.7. The number of hydrogen-bond acceptors (Lipinski definition) is 4. The molecule has 114 valence electrons. The molecule has 0 aromatic carbocycles. The first-order valence-electron chi connectivity index (χ1n) is 7.08. The minimum Gasteiger partial charge on any atom is -0.392 e. The van der Waals surface area contributed by atoms with Gasteiger partial charge in [0.1, 0.15) is 0 Å². The molecule has 1 aliphatic rings. The zero-order valence-electron chi connectivity index (χ0n) is 13.7. The summed E-state index contributed by atoms with van der Waals surface area (Å²) in [5, 5.41) is 8.99. The molecule has 5 heteroatoms. The Morgan fingerprint density at radius 1 is 1.40 bits per heavy atom. The molecule has 1 aliphatic heterocycles. The number of ether oxygens (including phenoxy) is 2. The number of rotatable bonds is 3. The van der Waals surface area contributed by atoms with Gasteiger partial charge in [0.2, 0.25) is 0 Å². The molecule has 0 aromatic rings. The van der Waals surface area contributed by atoms with Gasteiger partial charge in [-0.2, -0.15) is 5.26 Å². The third-order valence-electron chi connectivity index (χ3n) is 4.35. The molecule has 0 aliphatic carbocycles. The van der Waals surface area contributed by atoms with Crippen LogP contribution in [0.5, 0.6) is 0 Å². The monoisotopic (exact) mass is 297 g/mol. The van der Waals surface area contributed by atoms with Gasteiger partial charge < -0.3 is 13.9 Å². The third-order valence-corrected chi connectivity index (χ3v) is 8.82. The van der Waals surface area contributed by atoms with Crippen molar-refractivity contribution >= 4 is 8.32 Å². The second-order valence-electron chi connectivity index (χ2n) is 6.82. The minimum atomic E-state index is -1.87. The molecule has 1 saturated heterocycles. The summed E-state index contributed by atoms with van der Waals surface area (Å²) in [4.78, 5) is 0. The van der Waals surface area contributed by atoms with E-state index in [1.165, 1.54) is 6.08 Å². The highest BCUT2D eigenvalue weighted by atomic mass is 28.4. The molecule has 0 N–H and O–H groups in total. The third kappa shape index (κ3) is 3.92. The van der Waals surface area contributed by atoms with E-state index in [0.29, 0.717) is 6.42 Å². The molecule has 3 atom stereocenters. The lowest BCUT2D eigenvalue weighted by Gasteiger charge is -2.43. The Balaban J connectivity index is 2.83. The van der Waals surface area contributed by atoms with Gasteiger partial charge in [-0.05, 0) is 30.6 Å². The summed E-state index contributed by atoms with van der Waals surface area (Å²) in [6.45, 7) is 13.0. The Labute approximate surface area is 123 Å². The Hall–Kier alpha value is -0.673. The van der Waals surface area contributed by atoms with Crippen molar-refractivity contribution < 1.29 is 13.9 Å². The lowest BCUT2D eigenvalue weighted by Crippen LogP contribution is -2.48. The molecule has 0 unspecified atom stereocenters. The van der Waals surface area contributed by atoms with Crippen LogP contribution in [-0.4, -0.2) is 33.9 Å². The van der Waals surface area contributed by atoms with Gasteiger partial charge in [-0.25, -0.2) is 0 Å². The van der Waals surface area contributed by atoms with Crippen molar-refractivity contribution in [2.24, 2.45) is 0 Å². The first kappa shape index (κ1) is 17.4. The Bertz CT molecular complexity index is 406. The van der Waals surface area contributed by atoms with Crippen LogP contribution in [0.3, 0.4) is 0 Å². The van der Waals surface area contributed by atoms with E-state index in [-0.39, 0.29) is 23.5 Å². The fraction of sp³-hybridized carbons (Fsp3) is 0.800. The zero-order chi connectivity index (χ0) is 15.6. The lowest BCUT2D eigenvalue weighted by molar-refractivity contribution is -0.155. The summed E-state index contributed by atoms with van der Waals surface area (Å²) in [5.74, 6) is 0. The standard InChI is InChI=1S/C15H27NO3Si/c1-11-12(8-9-16)13(17-5)10-14(18-11)19-20(6,7)15(2,3)4/h8,11,13-14H,10H2,1-7H3/b12-8-/t11-,13-,14-/m0/s1. The molecule has 0 radical (unpaired) electrons. The maximum absolute atomic E-state index is 8.85. The van der Waals surface area contributed by atoms with Gasteiger partial charge in [0.25, 0.3) is 0 Å². The number of hydrogen-bond donors (Lipinski definition) is 0. The topological polar surface area (TPSA) is 51.5 Å². The van der Waals surface area contributed by atoms with Crippen LogP contribution in [0.15, 0.2) is 11.6 Å². The van der Waals surface area contributed by atoms with Crippen LogP contribution in [0.1, 0.15) is 34.1 Å². The molecule has 1 rings (SSSR count). The molecule has 0 bridgehead atoms. The van der Waals surface area contributed by atoms with Crippen LogP contribution in [0.2, 0.25) is 18.1 Å². The number of nitriles is 1. The molecule has 0 amide bonds. The maximum Gasteiger partial charge on any atom is 0.195 e. The summed E-state index contributed by atoms with van der Waals surface area (Å²) in [6, 6.07) is 2.07. The summed E-state index contributed by atoms with van der Waals surface area (Å²) in [7, 11) is -0.206. The van der Waals surface area contributed by atoms with E-state index in [9.17, 15) is 0 Å². The van der Waals surface area contributed by atoms with Gasteiger partial charge in [-0.3, -0.25) is 0 Å². The van der Waals surface area contributed by atoms with E-state index in [1.807, 2.05) is 6.92 Å². The van der Waals surface area contributed by atoms with E-state index >= 15 is 0 Å². The van der Waals surface area contributed by atoms with Crippen molar-refractivity contribution in [2.75, 3.05) is 7.11 Å². The second kappa shape index (κ2) is 6.40. The average Bonchev–Trinajstić information content (AvgIpc) is 2.30.